The van der Waals surface area contributed by atoms with Gasteiger partial charge >= 0.3 is 39.5 Å². The summed E-state index contributed by atoms with van der Waals surface area (Å²) in [5.41, 5.74) is 0. The van der Waals surface area contributed by atoms with Gasteiger partial charge in [-0.3, -0.25) is 37.3 Å². The number of unbranched alkanes of at least 4 members (excludes halogenated alkanes) is 35. The van der Waals surface area contributed by atoms with E-state index in [9.17, 15) is 43.2 Å². The lowest BCUT2D eigenvalue weighted by Gasteiger charge is -2.21. The van der Waals surface area contributed by atoms with Crippen molar-refractivity contribution in [1.29, 1.82) is 0 Å². The van der Waals surface area contributed by atoms with Gasteiger partial charge in [0, 0.05) is 25.7 Å². The fourth-order valence-electron chi connectivity index (χ4n) is 11.0. The molecule has 0 saturated heterocycles. The topological polar surface area (TPSA) is 237 Å². The normalized spacial score (nSPS) is 14.5. The highest BCUT2D eigenvalue weighted by Crippen LogP contribution is 2.45. The van der Waals surface area contributed by atoms with Crippen LogP contribution in [-0.4, -0.2) is 96.7 Å². The predicted octanol–water partition coefficient (Wildman–Crippen LogP) is 20.9. The molecule has 0 rings (SSSR count). The second-order valence-corrected chi connectivity index (χ2v) is 30.9. The molecule has 3 N–H and O–H groups in total. The molecule has 0 saturated carbocycles. The molecule has 0 aromatic heterocycles. The average Bonchev–Trinajstić information content (AvgIpc) is 1.97. The maximum absolute atomic E-state index is 13.1. The van der Waals surface area contributed by atoms with Crippen molar-refractivity contribution in [3.8, 4) is 0 Å². The molecular formula is C73H142O17P2. The van der Waals surface area contributed by atoms with Gasteiger partial charge in [-0.2, -0.15) is 0 Å². The predicted molar refractivity (Wildman–Crippen MR) is 372 cm³/mol. The van der Waals surface area contributed by atoms with E-state index >= 15 is 0 Å². The summed E-state index contributed by atoms with van der Waals surface area (Å²) in [6.07, 6.45) is 45.8. The fourth-order valence-corrected chi connectivity index (χ4v) is 12.6. The van der Waals surface area contributed by atoms with E-state index in [4.69, 9.17) is 37.0 Å². The van der Waals surface area contributed by atoms with Crippen molar-refractivity contribution < 1.29 is 80.2 Å². The lowest BCUT2D eigenvalue weighted by atomic mass is 10.00. The molecule has 19 heteroatoms. The van der Waals surface area contributed by atoms with Gasteiger partial charge < -0.3 is 33.8 Å². The van der Waals surface area contributed by atoms with Crippen LogP contribution in [0.25, 0.3) is 0 Å². The quantitative estimate of drug-likeness (QED) is 0.0222. The molecule has 0 aliphatic rings. The minimum absolute atomic E-state index is 0.104. The van der Waals surface area contributed by atoms with Crippen LogP contribution >= 0.6 is 15.6 Å². The Morgan fingerprint density at radius 1 is 0.304 bits per heavy atom. The molecule has 0 fully saturated rings. The van der Waals surface area contributed by atoms with Crippen LogP contribution in [0.15, 0.2) is 0 Å². The monoisotopic (exact) mass is 1350 g/mol. The van der Waals surface area contributed by atoms with Crippen LogP contribution in [0.1, 0.15) is 364 Å². The third-order valence-electron chi connectivity index (χ3n) is 17.2. The zero-order chi connectivity index (χ0) is 68.2. The summed E-state index contributed by atoms with van der Waals surface area (Å²) < 4.78 is 68.4. The Balaban J connectivity index is 5.26. The second-order valence-electron chi connectivity index (χ2n) is 28.0. The number of phosphoric ester groups is 2. The minimum atomic E-state index is -4.96. The number of carbonyl (C=O) groups excluding carboxylic acids is 4. The Morgan fingerprint density at radius 2 is 0.522 bits per heavy atom. The van der Waals surface area contributed by atoms with Crippen molar-refractivity contribution in [1.82, 2.24) is 0 Å². The van der Waals surface area contributed by atoms with Crippen molar-refractivity contribution in [3.63, 3.8) is 0 Å². The summed E-state index contributed by atoms with van der Waals surface area (Å²) in [7, 11) is -9.91. The molecule has 0 heterocycles. The van der Waals surface area contributed by atoms with Crippen LogP contribution in [0, 0.1) is 23.7 Å². The summed E-state index contributed by atoms with van der Waals surface area (Å²) in [5, 5.41) is 10.6. The Hall–Kier alpha value is -1.94. The molecule has 0 radical (unpaired) electrons. The molecule has 6 atom stereocenters. The lowest BCUT2D eigenvalue weighted by molar-refractivity contribution is -0.161. The van der Waals surface area contributed by atoms with Gasteiger partial charge in [0.25, 0.3) is 0 Å². The van der Waals surface area contributed by atoms with E-state index in [1.54, 1.807) is 0 Å². The van der Waals surface area contributed by atoms with Gasteiger partial charge in [0.15, 0.2) is 12.2 Å². The first-order chi connectivity index (χ1) is 44.1. The highest BCUT2D eigenvalue weighted by molar-refractivity contribution is 7.47. The molecule has 92 heavy (non-hydrogen) atoms. The first-order valence-corrected chi connectivity index (χ1v) is 40.7. The van der Waals surface area contributed by atoms with Crippen LogP contribution in [-0.2, 0) is 65.4 Å². The molecule has 3 unspecified atom stereocenters. The largest absolute Gasteiger partial charge is 0.472 e. The van der Waals surface area contributed by atoms with Crippen LogP contribution in [0.4, 0.5) is 0 Å². The molecule has 0 aromatic rings. The number of ether oxygens (including phenoxy) is 4. The molecule has 0 aromatic carbocycles. The molecule has 17 nitrogen and oxygen atoms in total. The van der Waals surface area contributed by atoms with Gasteiger partial charge in [-0.15, -0.1) is 0 Å². The van der Waals surface area contributed by atoms with E-state index in [0.717, 1.165) is 120 Å². The number of rotatable bonds is 70. The van der Waals surface area contributed by atoms with E-state index in [1.807, 2.05) is 0 Å². The van der Waals surface area contributed by atoms with Crippen molar-refractivity contribution >= 4 is 39.5 Å². The van der Waals surface area contributed by atoms with Gasteiger partial charge in [-0.25, -0.2) is 9.13 Å². The smallest absolute Gasteiger partial charge is 0.462 e. The SMILES string of the molecule is CCC(C)CCCCCCCCC(=O)OC[C@H](COP(=O)(O)OC[C@H](O)COP(=O)(O)OC[C@@H](COC(=O)CCCCCCCCCCCCCCCC(C)C)OC(=O)CCCCCCCCCCCCCC(C)C)OC(=O)CCCCCCCCCCCC(C)C. The van der Waals surface area contributed by atoms with Gasteiger partial charge in [0.05, 0.1) is 26.4 Å². The maximum atomic E-state index is 13.1. The maximum Gasteiger partial charge on any atom is 0.472 e. The number of phosphoric acid groups is 2. The van der Waals surface area contributed by atoms with Gasteiger partial charge in [0.1, 0.15) is 19.3 Å². The summed E-state index contributed by atoms with van der Waals surface area (Å²) >= 11 is 0. The minimum Gasteiger partial charge on any atom is -0.462 e. The van der Waals surface area contributed by atoms with Gasteiger partial charge in [0.2, 0.25) is 0 Å². The van der Waals surface area contributed by atoms with E-state index in [1.165, 1.54) is 161 Å². The Labute approximate surface area is 562 Å². The van der Waals surface area contributed by atoms with Gasteiger partial charge in [-0.1, -0.05) is 312 Å². The summed E-state index contributed by atoms with van der Waals surface area (Å²) in [4.78, 5) is 72.7. The molecule has 0 spiro atoms. The second kappa shape index (κ2) is 62.6. The third-order valence-corrected chi connectivity index (χ3v) is 19.1. The standard InChI is InChI=1S/C73H142O17P2/c1-9-66(8)52-44-36-31-32-38-46-54-71(76)84-60-69(90-73(78)56-48-40-30-24-18-21-27-35-43-51-65(6)7)62-88-92(81,82)86-58-67(74)57-85-91(79,80)87-61-68(89-72(77)55-47-39-29-23-17-13-15-20-26-34-42-50-64(4)5)59-83-70(75)53-45-37-28-22-16-12-10-11-14-19-25-33-41-49-63(2)3/h63-69,74H,9-62H2,1-8H3,(H,79,80)(H,81,82)/t66?,67-,68-,69-/m1/s1. The molecule has 0 amide bonds. The number of hydrogen-bond donors (Lipinski definition) is 3. The first kappa shape index (κ1) is 90.1. The zero-order valence-electron chi connectivity index (χ0n) is 60.2. The van der Waals surface area contributed by atoms with Crippen molar-refractivity contribution in [3.05, 3.63) is 0 Å². The fraction of sp³-hybridized carbons (Fsp3) is 0.945. The Kier molecular flexibility index (Phi) is 61.3. The van der Waals surface area contributed by atoms with Crippen molar-refractivity contribution in [2.75, 3.05) is 39.6 Å². The zero-order valence-corrected chi connectivity index (χ0v) is 62.0. The molecule has 0 aliphatic heterocycles. The van der Waals surface area contributed by atoms with Crippen LogP contribution in [0.5, 0.6) is 0 Å². The number of esters is 4. The Bertz CT molecular complexity index is 1820. The van der Waals surface area contributed by atoms with Crippen LogP contribution < -0.4 is 0 Å². The van der Waals surface area contributed by atoms with E-state index in [-0.39, 0.29) is 25.7 Å². The summed E-state index contributed by atoms with van der Waals surface area (Å²) in [5.74, 6) is 0.898. The number of aliphatic hydroxyl groups is 1. The number of aliphatic hydroxyl groups excluding tert-OH is 1. The third kappa shape index (κ3) is 65.4. The highest BCUT2D eigenvalue weighted by Gasteiger charge is 2.30. The first-order valence-electron chi connectivity index (χ1n) is 37.7. The summed E-state index contributed by atoms with van der Waals surface area (Å²) in [6, 6.07) is 0. The number of carbonyl (C=O) groups is 4. The van der Waals surface area contributed by atoms with Crippen molar-refractivity contribution in [2.45, 2.75) is 382 Å². The van der Waals surface area contributed by atoms with E-state index in [2.05, 4.69) is 55.4 Å². The molecular weight excluding hydrogens is 1210 g/mol. The molecule has 0 aliphatic carbocycles. The molecule has 0 bridgehead atoms. The Morgan fingerprint density at radius 3 is 0.772 bits per heavy atom. The molecule has 546 valence electrons. The van der Waals surface area contributed by atoms with Gasteiger partial charge in [-0.05, 0) is 49.4 Å². The summed E-state index contributed by atoms with van der Waals surface area (Å²) in [6.45, 7) is 14.1. The highest BCUT2D eigenvalue weighted by atomic mass is 31.2. The van der Waals surface area contributed by atoms with Crippen molar-refractivity contribution in [2.24, 2.45) is 23.7 Å². The van der Waals surface area contributed by atoms with E-state index in [0.29, 0.717) is 25.7 Å². The van der Waals surface area contributed by atoms with Crippen LogP contribution in [0.2, 0.25) is 0 Å². The average molecular weight is 1350 g/mol. The van der Waals surface area contributed by atoms with Crippen LogP contribution in [0.3, 0.4) is 0 Å². The lowest BCUT2D eigenvalue weighted by Crippen LogP contribution is -2.30. The number of hydrogen-bond acceptors (Lipinski definition) is 15. The van der Waals surface area contributed by atoms with E-state index < -0.39 is 97.5 Å².